The van der Waals surface area contributed by atoms with Gasteiger partial charge in [-0.05, 0) is 0 Å². The minimum Gasteiger partial charge on any atom is -0.137 e. The molecule has 0 saturated heterocycles. The molecule has 4 heteroatoms. The maximum absolute atomic E-state index is 3.89. The first-order valence-corrected chi connectivity index (χ1v) is 1.84. The molecule has 13 valence electrons. The van der Waals surface area contributed by atoms with Crippen molar-refractivity contribution in [1.82, 2.24) is 0 Å². The van der Waals surface area contributed by atoms with E-state index in [1.165, 1.54) is 0 Å². The summed E-state index contributed by atoms with van der Waals surface area (Å²) in [7, 11) is 2.56. The van der Waals surface area contributed by atoms with Gasteiger partial charge >= 0.3 is 0 Å². The fourth-order valence-electron chi connectivity index (χ4n) is 0. The standard InChI is InChI=1S/Cd.Cs.SSi/c;;1-2. The fraction of sp³-hybridized carbons (Fsp3) is 0. The van der Waals surface area contributed by atoms with Crippen LogP contribution >= 0.6 is 11.6 Å². The minimum absolute atomic E-state index is 0. The van der Waals surface area contributed by atoms with Crippen LogP contribution in [-0.2, 0) is 27.3 Å². The molecule has 0 amide bonds. The molecule has 4 heavy (non-hydrogen) atoms. The molecule has 0 unspecified atom stereocenters. The first-order chi connectivity index (χ1) is 1.00. The molecule has 0 bridgehead atoms. The smallest absolute Gasteiger partial charge is 0.137 e. The molecule has 0 aliphatic carbocycles. The van der Waals surface area contributed by atoms with Crippen LogP contribution < -0.4 is 0 Å². The molecular weight excluding hydrogens is 305 g/mol. The van der Waals surface area contributed by atoms with Gasteiger partial charge in [0.25, 0.3) is 0 Å². The third kappa shape index (κ3) is 9.05. The van der Waals surface area contributed by atoms with Crippen LogP contribution in [0.5, 0.6) is 0 Å². The van der Waals surface area contributed by atoms with E-state index in [0.29, 0.717) is 0 Å². The van der Waals surface area contributed by atoms with E-state index >= 15 is 0 Å². The van der Waals surface area contributed by atoms with E-state index in [1.807, 2.05) is 0 Å². The zero-order chi connectivity index (χ0) is 2.00. The van der Waals surface area contributed by atoms with Gasteiger partial charge in [0.15, 0.2) is 0 Å². The average molecular weight is 305 g/mol. The third-order valence-electron chi connectivity index (χ3n) is 0. The van der Waals surface area contributed by atoms with Crippen molar-refractivity contribution < 1.29 is 27.3 Å². The quantitative estimate of drug-likeness (QED) is 0.563. The number of hydrogen-bond acceptors (Lipinski definition) is 1. The van der Waals surface area contributed by atoms with Gasteiger partial charge in [0, 0.05) is 96.2 Å². The molecule has 0 spiro atoms. The summed E-state index contributed by atoms with van der Waals surface area (Å²) in [5.74, 6) is 0. The van der Waals surface area contributed by atoms with E-state index in [9.17, 15) is 0 Å². The summed E-state index contributed by atoms with van der Waals surface area (Å²) in [6.07, 6.45) is 0. The summed E-state index contributed by atoms with van der Waals surface area (Å²) >= 11 is 3.89. The largest absolute Gasteiger partial charge is 0.137 e. The molecule has 0 N–H and O–H groups in total. The zero-order valence-electron chi connectivity index (χ0n) is 2.62. The van der Waals surface area contributed by atoms with Gasteiger partial charge in [-0.15, -0.1) is 11.6 Å². The van der Waals surface area contributed by atoms with Crippen molar-refractivity contribution in [3.05, 3.63) is 0 Å². The van der Waals surface area contributed by atoms with Crippen LogP contribution in [0, 0.1) is 0 Å². The van der Waals surface area contributed by atoms with Crippen molar-refractivity contribution in [3.63, 3.8) is 0 Å². The first kappa shape index (κ1) is 15.7. The Morgan fingerprint density at radius 1 is 1.25 bits per heavy atom. The van der Waals surface area contributed by atoms with Gasteiger partial charge in [-0.2, -0.15) is 0 Å². The molecule has 0 nitrogen and oxygen atoms in total. The van der Waals surface area contributed by atoms with E-state index in [4.69, 9.17) is 0 Å². The van der Waals surface area contributed by atoms with Gasteiger partial charge in [0.05, 0.1) is 0 Å². The molecule has 0 atom stereocenters. The summed E-state index contributed by atoms with van der Waals surface area (Å²) in [6.45, 7) is 0. The molecule has 0 saturated carbocycles. The van der Waals surface area contributed by atoms with Gasteiger partial charge in [0.2, 0.25) is 0 Å². The topological polar surface area (TPSA) is 0 Å². The van der Waals surface area contributed by atoms with Gasteiger partial charge < -0.3 is 0 Å². The van der Waals surface area contributed by atoms with Crippen LogP contribution in [0.15, 0.2) is 0 Å². The van der Waals surface area contributed by atoms with E-state index in [2.05, 4.69) is 20.6 Å². The first-order valence-electron chi connectivity index (χ1n) is 0.204. The van der Waals surface area contributed by atoms with Crippen molar-refractivity contribution in [2.45, 2.75) is 0 Å². The Hall–Kier alpha value is 3.41. The average Bonchev–Trinajstić information content (AvgIpc) is 1.00. The molecule has 0 aliphatic rings. The maximum atomic E-state index is 3.89. The van der Waals surface area contributed by atoms with E-state index in [1.54, 1.807) is 0 Å². The second-order valence-electron chi connectivity index (χ2n) is 0. The van der Waals surface area contributed by atoms with Crippen molar-refractivity contribution in [2.75, 3.05) is 0 Å². The molecule has 0 heterocycles. The number of rotatable bonds is 0. The Labute approximate surface area is 113 Å². The monoisotopic (exact) mass is 307 g/mol. The molecule has 0 aromatic heterocycles. The molecular formula is CdCsSSi. The van der Waals surface area contributed by atoms with E-state index < -0.39 is 0 Å². The molecule has 0 aromatic carbocycles. The van der Waals surface area contributed by atoms with Gasteiger partial charge in [-0.25, -0.2) is 0 Å². The van der Waals surface area contributed by atoms with Crippen LogP contribution in [0.4, 0.5) is 0 Å². The summed E-state index contributed by atoms with van der Waals surface area (Å²) in [5, 5.41) is 0. The number of hydrogen-bond donors (Lipinski definition) is 0. The van der Waals surface area contributed by atoms with Gasteiger partial charge in [0.1, 0.15) is 8.95 Å². The van der Waals surface area contributed by atoms with Crippen LogP contribution in [0.1, 0.15) is 0 Å². The predicted octanol–water partition coefficient (Wildman–Crippen LogP) is -0.116. The van der Waals surface area contributed by atoms with Crippen molar-refractivity contribution in [3.8, 4) is 0 Å². The second-order valence-corrected chi connectivity index (χ2v) is 0. The van der Waals surface area contributed by atoms with Gasteiger partial charge in [-0.3, -0.25) is 0 Å². The van der Waals surface area contributed by atoms with E-state index in [0.717, 1.165) is 0 Å². The maximum Gasteiger partial charge on any atom is 0.137 e. The van der Waals surface area contributed by atoms with Gasteiger partial charge in [-0.1, -0.05) is 0 Å². The predicted molar refractivity (Wildman–Crippen MR) is 19.1 cm³/mol. The van der Waals surface area contributed by atoms with E-state index in [-0.39, 0.29) is 96.2 Å². The Morgan fingerprint density at radius 2 is 1.25 bits per heavy atom. The fourth-order valence-corrected chi connectivity index (χ4v) is 0. The SMILES string of the molecule is [Cd].[Cs].[Si]=S. The molecule has 0 rings (SSSR count). The summed E-state index contributed by atoms with van der Waals surface area (Å²) in [6, 6.07) is 0. The van der Waals surface area contributed by atoms with Crippen LogP contribution in [0.25, 0.3) is 0 Å². The normalized spacial score (nSPS) is 1.00. The molecule has 0 aliphatic heterocycles. The molecule has 0 fully saturated rings. The summed E-state index contributed by atoms with van der Waals surface area (Å²) in [4.78, 5) is 0. The Balaban J connectivity index is -0.00000000500. The zero-order valence-corrected chi connectivity index (χ0v) is 14.7. The molecule has 0 aromatic rings. The Kier molecular flexibility index (Phi) is 63.1. The second kappa shape index (κ2) is 16.1. The summed E-state index contributed by atoms with van der Waals surface area (Å²) < 4.78 is 0. The Bertz CT molecular complexity index is 8.00. The van der Waals surface area contributed by atoms with Crippen LogP contribution in [0.3, 0.4) is 0 Å². The third-order valence-corrected chi connectivity index (χ3v) is 0. The molecule has 3 radical (unpaired) electrons. The summed E-state index contributed by atoms with van der Waals surface area (Å²) in [5.41, 5.74) is 0. The van der Waals surface area contributed by atoms with Crippen LogP contribution in [-0.4, -0.2) is 77.8 Å². The van der Waals surface area contributed by atoms with Crippen LogP contribution in [0.2, 0.25) is 0 Å². The minimum atomic E-state index is 0. The van der Waals surface area contributed by atoms with Crippen molar-refractivity contribution in [2.24, 2.45) is 0 Å². The Morgan fingerprint density at radius 3 is 1.25 bits per heavy atom. The van der Waals surface area contributed by atoms with Crippen molar-refractivity contribution in [1.29, 1.82) is 0 Å². The van der Waals surface area contributed by atoms with Crippen molar-refractivity contribution >= 4 is 89.5 Å².